The number of hydrogen-bond acceptors (Lipinski definition) is 4. The number of rotatable bonds is 1. The predicted molar refractivity (Wildman–Crippen MR) is 95.5 cm³/mol. The molecule has 3 atom stereocenters. The number of Topliss-reactive ketones (excluding diaryl/α,β-unsaturated/α-hetero) is 1. The molecule has 5 heteroatoms. The zero-order chi connectivity index (χ0) is 17.6. The number of hydrogen-bond donors (Lipinski definition) is 2. The molecular weight excluding hydrogens is 316 g/mol. The first-order chi connectivity index (χ1) is 12.1. The summed E-state index contributed by atoms with van der Waals surface area (Å²) in [5.41, 5.74) is 3.78. The second kappa shape index (κ2) is 6.15. The number of esters is 1. The van der Waals surface area contributed by atoms with Crippen LogP contribution in [0.15, 0.2) is 35.9 Å². The van der Waals surface area contributed by atoms with Crippen LogP contribution < -0.4 is 5.32 Å². The molecule has 1 aromatic carbocycles. The second-order valence-corrected chi connectivity index (χ2v) is 6.86. The Labute approximate surface area is 146 Å². The van der Waals surface area contributed by atoms with Crippen LogP contribution in [0.25, 0.3) is 10.9 Å². The van der Waals surface area contributed by atoms with E-state index in [1.165, 1.54) is 7.11 Å². The molecule has 5 nitrogen and oxygen atoms in total. The van der Waals surface area contributed by atoms with Gasteiger partial charge in [-0.1, -0.05) is 29.8 Å². The summed E-state index contributed by atoms with van der Waals surface area (Å²) in [4.78, 5) is 28.8. The number of aromatic nitrogens is 1. The van der Waals surface area contributed by atoms with Crippen LogP contribution in [0.1, 0.15) is 29.4 Å². The molecule has 25 heavy (non-hydrogen) atoms. The molecule has 2 aliphatic rings. The van der Waals surface area contributed by atoms with E-state index in [0.717, 1.165) is 22.0 Å². The lowest BCUT2D eigenvalue weighted by Gasteiger charge is -2.40. The third kappa shape index (κ3) is 2.50. The summed E-state index contributed by atoms with van der Waals surface area (Å²) in [6, 6.07) is 7.92. The molecule has 2 heterocycles. The van der Waals surface area contributed by atoms with Crippen LogP contribution in [-0.4, -0.2) is 36.4 Å². The van der Waals surface area contributed by atoms with Gasteiger partial charge in [0.2, 0.25) is 0 Å². The maximum atomic E-state index is 13.0. The zero-order valence-electron chi connectivity index (χ0n) is 14.5. The molecule has 1 aromatic heterocycles. The molecule has 2 N–H and O–H groups in total. The molecule has 0 amide bonds. The van der Waals surface area contributed by atoms with Gasteiger partial charge < -0.3 is 15.0 Å². The SMILES string of the molecule is C/C=C1/CN[C@H]2Cc3c([nH]c4ccccc34)C(=O)C[C@H]1C2C(=O)OC. The molecule has 2 aromatic rings. The molecule has 0 radical (unpaired) electrons. The average molecular weight is 338 g/mol. The van der Waals surface area contributed by atoms with Crippen molar-refractivity contribution in [1.29, 1.82) is 0 Å². The first-order valence-corrected chi connectivity index (χ1v) is 8.73. The minimum absolute atomic E-state index is 0.0350. The molecule has 4 rings (SSSR count). The van der Waals surface area contributed by atoms with Crippen LogP contribution >= 0.6 is 0 Å². The van der Waals surface area contributed by atoms with E-state index in [0.29, 0.717) is 25.1 Å². The highest BCUT2D eigenvalue weighted by atomic mass is 16.5. The zero-order valence-corrected chi connectivity index (χ0v) is 14.5. The van der Waals surface area contributed by atoms with E-state index in [-0.39, 0.29) is 29.6 Å². The number of allylic oxidation sites excluding steroid dienone is 1. The number of para-hydroxylation sites is 1. The summed E-state index contributed by atoms with van der Waals surface area (Å²) < 4.78 is 5.08. The summed E-state index contributed by atoms with van der Waals surface area (Å²) in [5, 5.41) is 4.56. The predicted octanol–water partition coefficient (Wildman–Crippen LogP) is 2.62. The van der Waals surface area contributed by atoms with Crippen LogP contribution in [0.5, 0.6) is 0 Å². The number of piperidine rings is 1. The van der Waals surface area contributed by atoms with Crippen LogP contribution in [0, 0.1) is 11.8 Å². The van der Waals surface area contributed by atoms with E-state index < -0.39 is 0 Å². The molecule has 1 saturated heterocycles. The number of ketones is 1. The van der Waals surface area contributed by atoms with Crippen molar-refractivity contribution < 1.29 is 14.3 Å². The van der Waals surface area contributed by atoms with Crippen molar-refractivity contribution in [3.05, 3.63) is 47.2 Å². The topological polar surface area (TPSA) is 71.2 Å². The summed E-state index contributed by atoms with van der Waals surface area (Å²) in [6.45, 7) is 2.67. The van der Waals surface area contributed by atoms with Crippen molar-refractivity contribution >= 4 is 22.7 Å². The monoisotopic (exact) mass is 338 g/mol. The highest BCUT2D eigenvalue weighted by molar-refractivity contribution is 6.03. The summed E-state index contributed by atoms with van der Waals surface area (Å²) >= 11 is 0. The van der Waals surface area contributed by atoms with Gasteiger partial charge >= 0.3 is 5.97 Å². The van der Waals surface area contributed by atoms with Gasteiger partial charge in [0, 0.05) is 35.8 Å². The van der Waals surface area contributed by atoms with Gasteiger partial charge in [0.15, 0.2) is 5.78 Å². The van der Waals surface area contributed by atoms with E-state index in [1.54, 1.807) is 0 Å². The van der Waals surface area contributed by atoms with Crippen molar-refractivity contribution in [2.45, 2.75) is 25.8 Å². The lowest BCUT2D eigenvalue weighted by atomic mass is 9.71. The van der Waals surface area contributed by atoms with Gasteiger partial charge in [-0.15, -0.1) is 0 Å². The first-order valence-electron chi connectivity index (χ1n) is 8.73. The number of methoxy groups -OCH3 is 1. The second-order valence-electron chi connectivity index (χ2n) is 6.86. The van der Waals surface area contributed by atoms with Crippen molar-refractivity contribution in [3.63, 3.8) is 0 Å². The van der Waals surface area contributed by atoms with E-state index in [2.05, 4.69) is 10.3 Å². The van der Waals surface area contributed by atoms with Gasteiger partial charge in [0.25, 0.3) is 0 Å². The van der Waals surface area contributed by atoms with E-state index >= 15 is 0 Å². The Morgan fingerprint density at radius 3 is 2.84 bits per heavy atom. The van der Waals surface area contributed by atoms with Gasteiger partial charge in [-0.3, -0.25) is 9.59 Å². The highest BCUT2D eigenvalue weighted by Crippen LogP contribution is 2.38. The minimum atomic E-state index is -0.337. The number of H-pyrrole nitrogens is 1. The van der Waals surface area contributed by atoms with Crippen LogP contribution in [0.3, 0.4) is 0 Å². The lowest BCUT2D eigenvalue weighted by molar-refractivity contribution is -0.148. The smallest absolute Gasteiger partial charge is 0.310 e. The molecule has 2 bridgehead atoms. The number of aromatic amines is 1. The van der Waals surface area contributed by atoms with Crippen molar-refractivity contribution in [2.24, 2.45) is 11.8 Å². The molecule has 0 spiro atoms. The normalized spacial score (nSPS) is 27.7. The number of nitrogens with one attached hydrogen (secondary N) is 2. The summed E-state index contributed by atoms with van der Waals surface area (Å²) in [5.74, 6) is -0.603. The number of ether oxygens (including phenoxy) is 1. The van der Waals surface area contributed by atoms with E-state index in [1.807, 2.05) is 37.3 Å². The van der Waals surface area contributed by atoms with Crippen molar-refractivity contribution in [3.8, 4) is 0 Å². The molecular formula is C20H22N2O3. The summed E-state index contributed by atoms with van der Waals surface area (Å²) in [7, 11) is 1.42. The van der Waals surface area contributed by atoms with Crippen molar-refractivity contribution in [2.75, 3.05) is 13.7 Å². The highest BCUT2D eigenvalue weighted by Gasteiger charge is 2.44. The molecule has 1 fully saturated rings. The van der Waals surface area contributed by atoms with Crippen LogP contribution in [0.2, 0.25) is 0 Å². The molecule has 1 aliphatic heterocycles. The van der Waals surface area contributed by atoms with Crippen molar-refractivity contribution in [1.82, 2.24) is 10.3 Å². The Hall–Kier alpha value is -2.40. The Balaban J connectivity index is 1.87. The van der Waals surface area contributed by atoms with E-state index in [9.17, 15) is 9.59 Å². The lowest BCUT2D eigenvalue weighted by Crippen LogP contribution is -2.53. The maximum Gasteiger partial charge on any atom is 0.310 e. The minimum Gasteiger partial charge on any atom is -0.469 e. The molecule has 1 aliphatic carbocycles. The third-order valence-electron chi connectivity index (χ3n) is 5.68. The molecule has 0 saturated carbocycles. The number of carbonyl (C=O) groups is 2. The Bertz CT molecular complexity index is 880. The van der Waals surface area contributed by atoms with Gasteiger partial charge in [-0.05, 0) is 25.0 Å². The number of fused-ring (bicyclic) bond motifs is 5. The first kappa shape index (κ1) is 16.1. The Morgan fingerprint density at radius 1 is 1.28 bits per heavy atom. The standard InChI is InChI=1S/C20H22N2O3/c1-3-11-10-21-16-8-14-12-6-4-5-7-15(12)22-19(14)17(23)9-13(11)18(16)20(24)25-2/h3-7,13,16,18,21-22H,8-10H2,1-2H3/b11-3-/t13-,16+,18?/m1/s1. The number of carbonyl (C=O) groups excluding carboxylic acids is 2. The van der Waals surface area contributed by atoms with Gasteiger partial charge in [0.05, 0.1) is 18.7 Å². The van der Waals surface area contributed by atoms with E-state index in [4.69, 9.17) is 4.74 Å². The van der Waals surface area contributed by atoms with Crippen LogP contribution in [-0.2, 0) is 16.0 Å². The Kier molecular flexibility index (Phi) is 3.96. The van der Waals surface area contributed by atoms with Crippen LogP contribution in [0.4, 0.5) is 0 Å². The van der Waals surface area contributed by atoms with Gasteiger partial charge in [0.1, 0.15) is 0 Å². The maximum absolute atomic E-state index is 13.0. The number of benzene rings is 1. The Morgan fingerprint density at radius 2 is 2.08 bits per heavy atom. The fourth-order valence-electron chi connectivity index (χ4n) is 4.43. The van der Waals surface area contributed by atoms with Gasteiger partial charge in [-0.25, -0.2) is 0 Å². The quantitative estimate of drug-likeness (QED) is 0.619. The molecule has 1 unspecified atom stereocenters. The average Bonchev–Trinajstić information content (AvgIpc) is 2.99. The molecule has 130 valence electrons. The largest absolute Gasteiger partial charge is 0.469 e. The fraction of sp³-hybridized carbons (Fsp3) is 0.400. The van der Waals surface area contributed by atoms with Gasteiger partial charge in [-0.2, -0.15) is 0 Å². The third-order valence-corrected chi connectivity index (χ3v) is 5.68. The summed E-state index contributed by atoms with van der Waals surface area (Å²) in [6.07, 6.45) is 2.99. The fourth-order valence-corrected chi connectivity index (χ4v) is 4.43.